The molecule has 0 aromatic carbocycles. The highest BCUT2D eigenvalue weighted by molar-refractivity contribution is 5.03. The minimum absolute atomic E-state index is 1.40. The first kappa shape index (κ1) is 9.91. The van der Waals surface area contributed by atoms with Crippen LogP contribution in [0, 0.1) is 12.3 Å². The summed E-state index contributed by atoms with van der Waals surface area (Å²) in [5, 5.41) is 0. The van der Waals surface area contributed by atoms with E-state index < -0.39 is 0 Å². The van der Waals surface area contributed by atoms with Gasteiger partial charge in [-0.05, 0) is 6.08 Å². The minimum atomic E-state index is 1.40. The fourth-order valence-electron chi connectivity index (χ4n) is 0. The highest BCUT2D eigenvalue weighted by Crippen LogP contribution is 1.52. The van der Waals surface area contributed by atoms with E-state index in [1.165, 1.54) is 6.08 Å². The van der Waals surface area contributed by atoms with Crippen LogP contribution in [0.1, 0.15) is 0 Å². The van der Waals surface area contributed by atoms with Crippen LogP contribution in [0.3, 0.4) is 0 Å². The summed E-state index contributed by atoms with van der Waals surface area (Å²) in [6.07, 6.45) is 9.34. The maximum Gasteiger partial charge on any atom is -0.0194 e. The van der Waals surface area contributed by atoms with Crippen molar-refractivity contribution in [3.8, 4) is 12.3 Å². The monoisotopic (exact) mass is 106 g/mol. The molecule has 0 saturated carbocycles. The Morgan fingerprint density at radius 3 is 1.38 bits per heavy atom. The summed E-state index contributed by atoms with van der Waals surface area (Å²) in [4.78, 5) is 0. The predicted molar refractivity (Wildman–Crippen MR) is 39.4 cm³/mol. The van der Waals surface area contributed by atoms with Gasteiger partial charge in [0.1, 0.15) is 0 Å². The zero-order valence-corrected chi connectivity index (χ0v) is 4.93. The lowest BCUT2D eigenvalue weighted by molar-refractivity contribution is 2.15. The highest BCUT2D eigenvalue weighted by Gasteiger charge is 1.29. The topological polar surface area (TPSA) is 0 Å². The number of allylic oxidation sites excluding steroid dienone is 3. The Balaban J connectivity index is 0. The summed E-state index contributed by atoms with van der Waals surface area (Å²) in [6, 6.07) is 0. The summed E-state index contributed by atoms with van der Waals surface area (Å²) in [7, 11) is 0. The first-order valence-electron chi connectivity index (χ1n) is 2.14. The quantitative estimate of drug-likeness (QED) is 0.355. The van der Waals surface area contributed by atoms with Crippen LogP contribution >= 0.6 is 0 Å². The van der Waals surface area contributed by atoms with Crippen molar-refractivity contribution in [2.24, 2.45) is 0 Å². The Bertz CT molecular complexity index is 95.7. The lowest BCUT2D eigenvalue weighted by atomic mass is 10.6. The van der Waals surface area contributed by atoms with Gasteiger partial charge in [0.25, 0.3) is 0 Å². The molecule has 0 saturated heterocycles. The lowest BCUT2D eigenvalue weighted by Gasteiger charge is -1.44. The number of rotatable bonds is 1. The second-order valence-electron chi connectivity index (χ2n) is 0.842. The average Bonchev–Trinajstić information content (AvgIpc) is 1.88. The highest BCUT2D eigenvalue weighted by atomic mass is 13.4. The summed E-state index contributed by atoms with van der Waals surface area (Å²) >= 11 is 0. The predicted octanol–water partition coefficient (Wildman–Crippen LogP) is 2.16. The second kappa shape index (κ2) is 17.1. The zero-order chi connectivity index (χ0) is 6.83. The Morgan fingerprint density at radius 1 is 1.12 bits per heavy atom. The summed E-state index contributed by atoms with van der Waals surface area (Å²) < 4.78 is 0. The van der Waals surface area contributed by atoms with Crippen molar-refractivity contribution in [1.82, 2.24) is 0 Å². The van der Waals surface area contributed by atoms with Crippen molar-refractivity contribution in [2.75, 3.05) is 0 Å². The average molecular weight is 106 g/mol. The molecule has 0 radical (unpaired) electrons. The van der Waals surface area contributed by atoms with Gasteiger partial charge in [0.2, 0.25) is 0 Å². The zero-order valence-electron chi connectivity index (χ0n) is 4.93. The van der Waals surface area contributed by atoms with Crippen molar-refractivity contribution >= 4 is 0 Å². The van der Waals surface area contributed by atoms with Gasteiger partial charge in [-0.2, -0.15) is 0 Å². The van der Waals surface area contributed by atoms with Gasteiger partial charge in [-0.25, -0.2) is 0 Å². The van der Waals surface area contributed by atoms with Crippen molar-refractivity contribution in [3.63, 3.8) is 0 Å². The van der Waals surface area contributed by atoms with Crippen LogP contribution in [-0.2, 0) is 0 Å². The van der Waals surface area contributed by atoms with E-state index >= 15 is 0 Å². The van der Waals surface area contributed by atoms with E-state index in [9.17, 15) is 0 Å². The Morgan fingerprint density at radius 2 is 1.38 bits per heavy atom. The molecule has 0 heterocycles. The molecular formula is C8H10. The molecule has 0 N–H and O–H groups in total. The van der Waals surface area contributed by atoms with Crippen LogP contribution in [0.2, 0.25) is 0 Å². The van der Waals surface area contributed by atoms with Crippen LogP contribution in [0.15, 0.2) is 38.0 Å². The van der Waals surface area contributed by atoms with E-state index in [2.05, 4.69) is 32.1 Å². The number of terminal acetylenes is 1. The summed E-state index contributed by atoms with van der Waals surface area (Å²) in [5.41, 5.74) is 0. The van der Waals surface area contributed by atoms with Crippen molar-refractivity contribution in [1.29, 1.82) is 0 Å². The largest absolute Gasteiger partial charge is 0.115 e. The Labute approximate surface area is 51.2 Å². The molecule has 0 heteroatoms. The first-order valence-corrected chi connectivity index (χ1v) is 2.14. The van der Waals surface area contributed by atoms with Crippen molar-refractivity contribution < 1.29 is 0 Å². The maximum absolute atomic E-state index is 4.66. The number of hydrogen-bond donors (Lipinski definition) is 0. The van der Waals surface area contributed by atoms with E-state index in [0.29, 0.717) is 0 Å². The van der Waals surface area contributed by atoms with Gasteiger partial charge in [0.05, 0.1) is 0 Å². The van der Waals surface area contributed by atoms with E-state index in [0.717, 1.165) is 0 Å². The Kier molecular flexibility index (Phi) is 21.2. The molecule has 0 spiro atoms. The van der Waals surface area contributed by atoms with Gasteiger partial charge in [-0.1, -0.05) is 37.8 Å². The molecule has 0 aromatic rings. The summed E-state index contributed by atoms with van der Waals surface area (Å²) in [6.45, 7) is 9.97. The van der Waals surface area contributed by atoms with Crippen LogP contribution in [0.25, 0.3) is 0 Å². The Hall–Kier alpha value is -1.22. The molecule has 0 aliphatic carbocycles. The van der Waals surface area contributed by atoms with Crippen molar-refractivity contribution in [3.05, 3.63) is 38.0 Å². The van der Waals surface area contributed by atoms with Gasteiger partial charge < -0.3 is 0 Å². The molecule has 0 aliphatic rings. The van der Waals surface area contributed by atoms with Crippen molar-refractivity contribution in [2.45, 2.75) is 0 Å². The molecular weight excluding hydrogens is 96.1 g/mol. The van der Waals surface area contributed by atoms with Gasteiger partial charge >= 0.3 is 0 Å². The molecule has 0 aromatic heterocycles. The van der Waals surface area contributed by atoms with Gasteiger partial charge in [-0.15, -0.1) is 6.42 Å². The second-order valence-corrected chi connectivity index (χ2v) is 0.842. The molecule has 0 bridgehead atoms. The third-order valence-electron chi connectivity index (χ3n) is 0.285. The molecule has 8 heavy (non-hydrogen) atoms. The lowest BCUT2D eigenvalue weighted by Crippen LogP contribution is -1.24. The van der Waals surface area contributed by atoms with Gasteiger partial charge in [0, 0.05) is 0 Å². The normalized spacial score (nSPS) is 4.38. The fraction of sp³-hybridized carbons (Fsp3) is 0. The van der Waals surface area contributed by atoms with E-state index in [1.807, 2.05) is 0 Å². The smallest absolute Gasteiger partial charge is 0.0194 e. The number of hydrogen-bond acceptors (Lipinski definition) is 0. The molecule has 0 unspecified atom stereocenters. The van der Waals surface area contributed by atoms with Crippen LogP contribution < -0.4 is 0 Å². The molecule has 0 amide bonds. The molecule has 0 fully saturated rings. The fourth-order valence-corrected chi connectivity index (χ4v) is 0. The third-order valence-corrected chi connectivity index (χ3v) is 0.285. The maximum atomic E-state index is 4.66. The molecule has 0 rings (SSSR count). The SMILES string of the molecule is C#CC=C.C=CC=C. The first-order chi connectivity index (χ1) is 3.83. The van der Waals surface area contributed by atoms with Gasteiger partial charge in [-0.3, -0.25) is 0 Å². The van der Waals surface area contributed by atoms with E-state index in [-0.39, 0.29) is 0 Å². The van der Waals surface area contributed by atoms with Crippen LogP contribution in [-0.4, -0.2) is 0 Å². The molecule has 0 atom stereocenters. The molecule has 42 valence electrons. The van der Waals surface area contributed by atoms with Gasteiger partial charge in [0.15, 0.2) is 0 Å². The van der Waals surface area contributed by atoms with E-state index in [4.69, 9.17) is 0 Å². The van der Waals surface area contributed by atoms with E-state index in [1.54, 1.807) is 12.2 Å². The standard InChI is InChI=1S/C4H6.C4H4/c2*1-3-4-2/h3-4H,1-2H2;1,4H,2H2. The van der Waals surface area contributed by atoms with Crippen LogP contribution in [0.4, 0.5) is 0 Å². The third kappa shape index (κ3) is 112. The molecule has 0 aliphatic heterocycles. The minimum Gasteiger partial charge on any atom is -0.115 e. The molecule has 0 nitrogen and oxygen atoms in total. The van der Waals surface area contributed by atoms with Crippen LogP contribution in [0.5, 0.6) is 0 Å². The summed E-state index contributed by atoms with van der Waals surface area (Å²) in [5.74, 6) is 2.19.